The third-order valence-electron chi connectivity index (χ3n) is 6.39. The lowest BCUT2D eigenvalue weighted by Gasteiger charge is -2.23. The molecule has 0 amide bonds. The van der Waals surface area contributed by atoms with Crippen LogP contribution in [0.4, 0.5) is 31.1 Å². The molecule has 0 fully saturated rings. The molecule has 4 aromatic rings. The van der Waals surface area contributed by atoms with Gasteiger partial charge in [-0.05, 0) is 52.6 Å². The largest absolute Gasteiger partial charge is 0.513 e. The minimum Gasteiger partial charge on any atom is -0.449 e. The second-order valence-electron chi connectivity index (χ2n) is 9.01. The molecule has 2 aromatic carbocycles. The predicted molar refractivity (Wildman–Crippen MR) is 135 cm³/mol. The smallest absolute Gasteiger partial charge is 0.449 e. The number of alkyl halides is 6. The number of ether oxygens (including phenoxy) is 1. The highest BCUT2D eigenvalue weighted by molar-refractivity contribution is 7.71. The van der Waals surface area contributed by atoms with Crippen LogP contribution in [-0.2, 0) is 18.9 Å². The van der Waals surface area contributed by atoms with Crippen LogP contribution in [0.5, 0.6) is 5.95 Å². The Balaban J connectivity index is 1.68. The molecule has 0 bridgehead atoms. The molecule has 14 heteroatoms. The molecule has 212 valence electrons. The van der Waals surface area contributed by atoms with Crippen LogP contribution < -0.4 is 10.4 Å². The first-order valence-corrected chi connectivity index (χ1v) is 12.0. The summed E-state index contributed by atoms with van der Waals surface area (Å²) in [5.41, 5.74) is -1.55. The molecular weight excluding hydrogens is 578 g/mol. The average Bonchev–Trinajstić information content (AvgIpc) is 3.23. The zero-order valence-electron chi connectivity index (χ0n) is 20.3. The minimum absolute atomic E-state index is 0.0795. The summed E-state index contributed by atoms with van der Waals surface area (Å²) in [6, 6.07) is 8.56. The monoisotopic (exact) mass is 594 g/mol. The first kappa shape index (κ1) is 28.0. The second kappa shape index (κ2) is 10.1. The standard InChI is InChI=1S/C27H16F6N2O5S/c28-26(29,30)15-3-6-18-13(9-15)1-2-14-10-16(27(31,32)33)4-7-19(14)22(18)20-12-35(24(36)34-23(20)41)11-17-5-8-21(39-17)40-25(37)38/h1-10,12,22H,11H2,(H,37,38)(H,34,36,41). The highest BCUT2D eigenvalue weighted by atomic mass is 32.1. The Kier molecular flexibility index (Phi) is 6.89. The number of hydrogen-bond donors (Lipinski definition) is 2. The predicted octanol–water partition coefficient (Wildman–Crippen LogP) is 7.31. The lowest BCUT2D eigenvalue weighted by molar-refractivity contribution is -0.138. The van der Waals surface area contributed by atoms with Gasteiger partial charge in [0, 0.05) is 23.7 Å². The number of aromatic amines is 1. The van der Waals surface area contributed by atoms with Crippen molar-refractivity contribution in [3.05, 3.63) is 115 Å². The molecular formula is C27H16F6N2O5S. The number of rotatable bonds is 4. The van der Waals surface area contributed by atoms with Gasteiger partial charge in [0.05, 0.1) is 17.7 Å². The lowest BCUT2D eigenvalue weighted by Crippen LogP contribution is -2.25. The maximum Gasteiger partial charge on any atom is 0.513 e. The third kappa shape index (κ3) is 5.68. The van der Waals surface area contributed by atoms with Gasteiger partial charge >= 0.3 is 24.2 Å². The number of benzene rings is 2. The first-order chi connectivity index (χ1) is 19.2. The van der Waals surface area contributed by atoms with E-state index in [1.54, 1.807) is 0 Å². The summed E-state index contributed by atoms with van der Waals surface area (Å²) >= 11 is 5.41. The number of halogens is 6. The van der Waals surface area contributed by atoms with E-state index in [1.807, 2.05) is 0 Å². The van der Waals surface area contributed by atoms with E-state index in [9.17, 15) is 35.9 Å². The van der Waals surface area contributed by atoms with E-state index in [0.717, 1.165) is 28.8 Å². The van der Waals surface area contributed by atoms with Crippen molar-refractivity contribution in [3.8, 4) is 5.95 Å². The van der Waals surface area contributed by atoms with Crippen molar-refractivity contribution in [3.63, 3.8) is 0 Å². The van der Waals surface area contributed by atoms with Gasteiger partial charge in [0.1, 0.15) is 10.4 Å². The lowest BCUT2D eigenvalue weighted by atomic mass is 9.82. The van der Waals surface area contributed by atoms with Crippen molar-refractivity contribution in [1.82, 2.24) is 9.55 Å². The van der Waals surface area contributed by atoms with Gasteiger partial charge < -0.3 is 14.3 Å². The molecule has 0 saturated carbocycles. The number of carboxylic acid groups (broad SMARTS) is 1. The molecule has 0 atom stereocenters. The van der Waals surface area contributed by atoms with E-state index < -0.39 is 41.2 Å². The molecule has 0 spiro atoms. The van der Waals surface area contributed by atoms with E-state index in [0.29, 0.717) is 11.1 Å². The molecule has 2 N–H and O–H groups in total. The van der Waals surface area contributed by atoms with Gasteiger partial charge in [-0.2, -0.15) is 26.3 Å². The zero-order valence-corrected chi connectivity index (χ0v) is 21.2. The number of nitrogens with one attached hydrogen (secondary N) is 1. The van der Waals surface area contributed by atoms with Crippen molar-refractivity contribution >= 4 is 30.5 Å². The highest BCUT2D eigenvalue weighted by Gasteiger charge is 2.35. The molecule has 1 aliphatic carbocycles. The van der Waals surface area contributed by atoms with Crippen molar-refractivity contribution < 1.29 is 45.4 Å². The maximum atomic E-state index is 13.5. The molecule has 7 nitrogen and oxygen atoms in total. The van der Waals surface area contributed by atoms with Gasteiger partial charge in [0.15, 0.2) is 0 Å². The second-order valence-corrected chi connectivity index (χ2v) is 9.42. The van der Waals surface area contributed by atoms with Gasteiger partial charge in [-0.15, -0.1) is 0 Å². The SMILES string of the molecule is O=C(O)Oc1ccc(Cn2cc(C3c4ccc(C(F)(F)F)cc4C=Cc4cc(C(F)(F)F)ccc43)c(=S)[nH]c2=O)o1. The van der Waals surface area contributed by atoms with Gasteiger partial charge in [-0.1, -0.05) is 36.5 Å². The van der Waals surface area contributed by atoms with Crippen LogP contribution in [0.3, 0.4) is 0 Å². The molecule has 2 aromatic heterocycles. The van der Waals surface area contributed by atoms with Crippen LogP contribution in [0.25, 0.3) is 12.2 Å². The fourth-order valence-corrected chi connectivity index (χ4v) is 4.86. The average molecular weight is 594 g/mol. The zero-order chi connectivity index (χ0) is 29.7. The van der Waals surface area contributed by atoms with E-state index in [2.05, 4.69) is 9.72 Å². The number of fused-ring (bicyclic) bond motifs is 2. The molecule has 2 heterocycles. The van der Waals surface area contributed by atoms with Crippen LogP contribution in [0.2, 0.25) is 0 Å². The number of nitrogens with zero attached hydrogens (tertiary/aromatic N) is 1. The first-order valence-electron chi connectivity index (χ1n) is 11.6. The van der Waals surface area contributed by atoms with E-state index in [1.165, 1.54) is 42.6 Å². The third-order valence-corrected chi connectivity index (χ3v) is 6.73. The molecule has 0 saturated heterocycles. The van der Waals surface area contributed by atoms with Crippen LogP contribution in [0, 0.1) is 4.64 Å². The Morgan fingerprint density at radius 3 is 2.00 bits per heavy atom. The Morgan fingerprint density at radius 2 is 1.49 bits per heavy atom. The summed E-state index contributed by atoms with van der Waals surface area (Å²) in [6.45, 7) is -0.231. The summed E-state index contributed by atoms with van der Waals surface area (Å²) < 4.78 is 91.8. The Hall–Kier alpha value is -4.59. The number of aromatic nitrogens is 2. The number of H-pyrrole nitrogens is 1. The van der Waals surface area contributed by atoms with E-state index in [-0.39, 0.29) is 39.6 Å². The highest BCUT2D eigenvalue weighted by Crippen LogP contribution is 2.43. The van der Waals surface area contributed by atoms with Crippen molar-refractivity contribution in [2.24, 2.45) is 0 Å². The summed E-state index contributed by atoms with van der Waals surface area (Å²) in [5, 5.41) is 8.74. The van der Waals surface area contributed by atoms with Crippen LogP contribution >= 0.6 is 12.2 Å². The normalized spacial score (nSPS) is 13.4. The van der Waals surface area contributed by atoms with Crippen molar-refractivity contribution in [2.75, 3.05) is 0 Å². The molecule has 5 rings (SSSR count). The Labute approximate surface area is 230 Å². The Bertz CT molecular complexity index is 1750. The van der Waals surface area contributed by atoms with Gasteiger partial charge in [-0.25, -0.2) is 9.59 Å². The summed E-state index contributed by atoms with van der Waals surface area (Å²) in [4.78, 5) is 26.0. The number of carbonyl (C=O) groups is 1. The van der Waals surface area contributed by atoms with Gasteiger partial charge in [0.25, 0.3) is 5.95 Å². The van der Waals surface area contributed by atoms with Gasteiger partial charge in [-0.3, -0.25) is 9.55 Å². The van der Waals surface area contributed by atoms with Crippen LogP contribution in [-0.4, -0.2) is 20.8 Å². The van der Waals surface area contributed by atoms with Crippen LogP contribution in [0.15, 0.2) is 63.9 Å². The molecule has 0 unspecified atom stereocenters. The van der Waals surface area contributed by atoms with E-state index in [4.69, 9.17) is 21.7 Å². The summed E-state index contributed by atoms with van der Waals surface area (Å²) in [6.07, 6.45) is -7.01. The van der Waals surface area contributed by atoms with Crippen molar-refractivity contribution in [1.29, 1.82) is 0 Å². The molecule has 41 heavy (non-hydrogen) atoms. The van der Waals surface area contributed by atoms with Crippen LogP contribution in [0.1, 0.15) is 50.6 Å². The number of hydrogen-bond acceptors (Lipinski definition) is 5. The topological polar surface area (TPSA) is 97.5 Å². The molecule has 0 aliphatic heterocycles. The summed E-state index contributed by atoms with van der Waals surface area (Å²) in [5.74, 6) is -1.20. The van der Waals surface area contributed by atoms with Crippen molar-refractivity contribution in [2.45, 2.75) is 24.8 Å². The quantitative estimate of drug-likeness (QED) is 0.129. The fourth-order valence-electron chi connectivity index (χ4n) is 4.60. The summed E-state index contributed by atoms with van der Waals surface area (Å²) in [7, 11) is 0. The molecule has 1 aliphatic rings. The Morgan fingerprint density at radius 1 is 0.927 bits per heavy atom. The fraction of sp³-hybridized carbons (Fsp3) is 0.148. The van der Waals surface area contributed by atoms with Gasteiger partial charge in [0.2, 0.25) is 0 Å². The molecule has 0 radical (unpaired) electrons. The number of furan rings is 1. The van der Waals surface area contributed by atoms with E-state index >= 15 is 0 Å². The minimum atomic E-state index is -4.67. The maximum absolute atomic E-state index is 13.5.